The third-order valence-corrected chi connectivity index (χ3v) is 1.27. The van der Waals surface area contributed by atoms with Crippen LogP contribution in [0.15, 0.2) is 18.3 Å². The normalized spacial score (nSPS) is 9.33. The van der Waals surface area contributed by atoms with Crippen molar-refractivity contribution in [3.05, 3.63) is 24.0 Å². The standard InChI is InChI=1S/C7H9N3O2/c8-5-1-2-6(9-3-5)4-10-7(11)12/h1-3,10H,4,8H2,(H,11,12). The molecule has 64 valence electrons. The van der Waals surface area contributed by atoms with Crippen molar-refractivity contribution in [1.29, 1.82) is 0 Å². The second kappa shape index (κ2) is 3.56. The summed E-state index contributed by atoms with van der Waals surface area (Å²) in [6.07, 6.45) is 0.424. The van der Waals surface area contributed by atoms with Gasteiger partial charge < -0.3 is 16.2 Å². The lowest BCUT2D eigenvalue weighted by molar-refractivity contribution is 0.194. The minimum Gasteiger partial charge on any atom is -0.465 e. The Hall–Kier alpha value is -1.78. The number of anilines is 1. The minimum absolute atomic E-state index is 0.204. The number of nitrogens with zero attached hydrogens (tertiary/aromatic N) is 1. The summed E-state index contributed by atoms with van der Waals surface area (Å²) >= 11 is 0. The Balaban J connectivity index is 2.53. The number of hydrogen-bond acceptors (Lipinski definition) is 3. The van der Waals surface area contributed by atoms with Crippen LogP contribution < -0.4 is 11.1 Å². The van der Waals surface area contributed by atoms with Gasteiger partial charge in [0, 0.05) is 0 Å². The summed E-state index contributed by atoms with van der Waals surface area (Å²) in [5.74, 6) is 0. The lowest BCUT2D eigenvalue weighted by atomic mass is 10.3. The SMILES string of the molecule is Nc1ccc(CNC(=O)O)nc1. The zero-order valence-electron chi connectivity index (χ0n) is 6.32. The summed E-state index contributed by atoms with van der Waals surface area (Å²) < 4.78 is 0. The fourth-order valence-electron chi connectivity index (χ4n) is 0.707. The molecule has 0 bridgehead atoms. The maximum atomic E-state index is 10.1. The predicted molar refractivity (Wildman–Crippen MR) is 43.5 cm³/mol. The third kappa shape index (κ3) is 2.45. The topological polar surface area (TPSA) is 88.2 Å². The number of pyridine rings is 1. The van der Waals surface area contributed by atoms with Gasteiger partial charge in [-0.05, 0) is 12.1 Å². The van der Waals surface area contributed by atoms with Crippen molar-refractivity contribution in [3.63, 3.8) is 0 Å². The molecule has 0 atom stereocenters. The molecule has 1 aromatic heterocycles. The highest BCUT2D eigenvalue weighted by atomic mass is 16.4. The summed E-state index contributed by atoms with van der Waals surface area (Å²) in [5.41, 5.74) is 6.59. The Morgan fingerprint density at radius 1 is 1.67 bits per heavy atom. The van der Waals surface area contributed by atoms with Crippen LogP contribution in [0.1, 0.15) is 5.69 Å². The third-order valence-electron chi connectivity index (χ3n) is 1.27. The van der Waals surface area contributed by atoms with Crippen molar-refractivity contribution in [1.82, 2.24) is 10.3 Å². The first-order chi connectivity index (χ1) is 5.68. The van der Waals surface area contributed by atoms with E-state index in [-0.39, 0.29) is 6.54 Å². The van der Waals surface area contributed by atoms with E-state index in [1.165, 1.54) is 6.20 Å². The van der Waals surface area contributed by atoms with Gasteiger partial charge in [-0.25, -0.2) is 4.79 Å². The molecule has 0 saturated heterocycles. The number of nitrogens with one attached hydrogen (secondary N) is 1. The molecule has 0 fully saturated rings. The Kier molecular flexibility index (Phi) is 2.47. The summed E-state index contributed by atoms with van der Waals surface area (Å²) in [6, 6.07) is 3.34. The van der Waals surface area contributed by atoms with Gasteiger partial charge in [0.05, 0.1) is 24.1 Å². The van der Waals surface area contributed by atoms with Crippen LogP contribution in [0.25, 0.3) is 0 Å². The Morgan fingerprint density at radius 2 is 2.42 bits per heavy atom. The average molecular weight is 167 g/mol. The Bertz CT molecular complexity index is 270. The maximum absolute atomic E-state index is 10.1. The minimum atomic E-state index is -1.06. The molecule has 5 nitrogen and oxygen atoms in total. The lowest BCUT2D eigenvalue weighted by Crippen LogP contribution is -2.20. The van der Waals surface area contributed by atoms with E-state index in [4.69, 9.17) is 10.8 Å². The van der Waals surface area contributed by atoms with Gasteiger partial charge in [-0.3, -0.25) is 4.98 Å². The predicted octanol–water partition coefficient (Wildman–Crippen LogP) is 0.431. The van der Waals surface area contributed by atoms with Crippen molar-refractivity contribution in [3.8, 4) is 0 Å². The van der Waals surface area contributed by atoms with Gasteiger partial charge in [0.15, 0.2) is 0 Å². The zero-order valence-corrected chi connectivity index (χ0v) is 6.32. The fourth-order valence-corrected chi connectivity index (χ4v) is 0.707. The molecule has 0 saturated carbocycles. The van der Waals surface area contributed by atoms with Gasteiger partial charge in [0.1, 0.15) is 0 Å². The van der Waals surface area contributed by atoms with Crippen LogP contribution in [-0.2, 0) is 6.54 Å². The molecule has 1 heterocycles. The molecule has 1 aromatic rings. The number of rotatable bonds is 2. The molecular formula is C7H9N3O2. The largest absolute Gasteiger partial charge is 0.465 e. The molecule has 0 spiro atoms. The van der Waals surface area contributed by atoms with Crippen molar-refractivity contribution in [2.45, 2.75) is 6.54 Å². The van der Waals surface area contributed by atoms with Crippen LogP contribution in [0.4, 0.5) is 10.5 Å². The van der Waals surface area contributed by atoms with Crippen molar-refractivity contribution >= 4 is 11.8 Å². The molecule has 0 radical (unpaired) electrons. The first-order valence-electron chi connectivity index (χ1n) is 3.35. The van der Waals surface area contributed by atoms with Crippen LogP contribution >= 0.6 is 0 Å². The number of nitrogens with two attached hydrogens (primary N) is 1. The lowest BCUT2D eigenvalue weighted by Gasteiger charge is -1.99. The second-order valence-corrected chi connectivity index (χ2v) is 2.24. The second-order valence-electron chi connectivity index (χ2n) is 2.24. The van der Waals surface area contributed by atoms with E-state index in [2.05, 4.69) is 10.3 Å². The molecule has 0 aromatic carbocycles. The molecule has 0 aliphatic heterocycles. The summed E-state index contributed by atoms with van der Waals surface area (Å²) in [7, 11) is 0. The van der Waals surface area contributed by atoms with E-state index in [9.17, 15) is 4.79 Å². The molecule has 0 aliphatic carbocycles. The zero-order chi connectivity index (χ0) is 8.97. The number of amides is 1. The maximum Gasteiger partial charge on any atom is 0.404 e. The molecule has 0 unspecified atom stereocenters. The highest BCUT2D eigenvalue weighted by Crippen LogP contribution is 1.99. The molecule has 4 N–H and O–H groups in total. The van der Waals surface area contributed by atoms with Gasteiger partial charge in [-0.1, -0.05) is 0 Å². The van der Waals surface area contributed by atoms with Crippen molar-refractivity contribution in [2.24, 2.45) is 0 Å². The Labute approximate surface area is 69.2 Å². The van der Waals surface area contributed by atoms with Crippen LogP contribution in [-0.4, -0.2) is 16.2 Å². The van der Waals surface area contributed by atoms with E-state index in [0.717, 1.165) is 0 Å². The molecule has 1 rings (SSSR count). The van der Waals surface area contributed by atoms with Crippen LogP contribution in [0.2, 0.25) is 0 Å². The number of hydrogen-bond donors (Lipinski definition) is 3. The monoisotopic (exact) mass is 167 g/mol. The number of nitrogen functional groups attached to an aromatic ring is 1. The average Bonchev–Trinajstić information content (AvgIpc) is 2.03. The number of aromatic nitrogens is 1. The number of carboxylic acid groups (broad SMARTS) is 1. The highest BCUT2D eigenvalue weighted by Gasteiger charge is 1.96. The first kappa shape index (κ1) is 8.32. The molecule has 0 aliphatic rings. The van der Waals surface area contributed by atoms with Gasteiger partial charge >= 0.3 is 6.09 Å². The molecular weight excluding hydrogens is 158 g/mol. The smallest absolute Gasteiger partial charge is 0.404 e. The van der Waals surface area contributed by atoms with E-state index in [1.807, 2.05) is 0 Å². The van der Waals surface area contributed by atoms with Gasteiger partial charge in [-0.15, -0.1) is 0 Å². The highest BCUT2D eigenvalue weighted by molar-refractivity contribution is 5.64. The van der Waals surface area contributed by atoms with E-state index >= 15 is 0 Å². The van der Waals surface area contributed by atoms with Crippen molar-refractivity contribution in [2.75, 3.05) is 5.73 Å². The van der Waals surface area contributed by atoms with Crippen LogP contribution in [0, 0.1) is 0 Å². The van der Waals surface area contributed by atoms with Gasteiger partial charge in [0.25, 0.3) is 0 Å². The molecule has 12 heavy (non-hydrogen) atoms. The van der Waals surface area contributed by atoms with Gasteiger partial charge in [-0.2, -0.15) is 0 Å². The van der Waals surface area contributed by atoms with Crippen LogP contribution in [0.3, 0.4) is 0 Å². The Morgan fingerprint density at radius 3 is 2.92 bits per heavy atom. The molecule has 5 heteroatoms. The summed E-state index contributed by atoms with van der Waals surface area (Å²) in [6.45, 7) is 0.204. The molecule has 1 amide bonds. The summed E-state index contributed by atoms with van der Waals surface area (Å²) in [4.78, 5) is 14.0. The number of carbonyl (C=O) groups is 1. The van der Waals surface area contributed by atoms with Gasteiger partial charge in [0.2, 0.25) is 0 Å². The van der Waals surface area contributed by atoms with Crippen LogP contribution in [0.5, 0.6) is 0 Å². The van der Waals surface area contributed by atoms with Crippen molar-refractivity contribution < 1.29 is 9.90 Å². The fraction of sp³-hybridized carbons (Fsp3) is 0.143. The summed E-state index contributed by atoms with van der Waals surface area (Å²) in [5, 5.41) is 10.5. The van der Waals surface area contributed by atoms with E-state index < -0.39 is 6.09 Å². The van der Waals surface area contributed by atoms with E-state index in [0.29, 0.717) is 11.4 Å². The quantitative estimate of drug-likeness (QED) is 0.596. The van der Waals surface area contributed by atoms with E-state index in [1.54, 1.807) is 12.1 Å². The first-order valence-corrected chi connectivity index (χ1v) is 3.35.